The summed E-state index contributed by atoms with van der Waals surface area (Å²) in [5.74, 6) is -0.364. The van der Waals surface area contributed by atoms with E-state index in [0.717, 1.165) is 5.56 Å². The molecular formula is C19H17N3O3S2. The lowest BCUT2D eigenvalue weighted by molar-refractivity contribution is 0.102. The second-order valence-electron chi connectivity index (χ2n) is 6.18. The van der Waals surface area contributed by atoms with Crippen molar-refractivity contribution >= 4 is 33.0 Å². The molecule has 0 aliphatic carbocycles. The second-order valence-corrected chi connectivity index (χ2v) is 9.11. The normalized spacial score (nSPS) is 14.5. The molecule has 138 valence electrons. The highest BCUT2D eigenvalue weighted by atomic mass is 32.2. The van der Waals surface area contributed by atoms with Gasteiger partial charge in [-0.05, 0) is 53.8 Å². The van der Waals surface area contributed by atoms with Crippen molar-refractivity contribution in [3.63, 3.8) is 0 Å². The summed E-state index contributed by atoms with van der Waals surface area (Å²) in [6, 6.07) is 11.5. The van der Waals surface area contributed by atoms with E-state index in [1.54, 1.807) is 48.0 Å². The Hall–Kier alpha value is -2.55. The molecule has 0 atom stereocenters. The molecule has 0 radical (unpaired) electrons. The van der Waals surface area contributed by atoms with Gasteiger partial charge in [-0.15, -0.1) is 11.3 Å². The first kappa shape index (κ1) is 17.8. The number of hydrogen-bond donors (Lipinski definition) is 1. The highest BCUT2D eigenvalue weighted by Crippen LogP contribution is 2.28. The number of hydrogen-bond acceptors (Lipinski definition) is 5. The quantitative estimate of drug-likeness (QED) is 0.731. The summed E-state index contributed by atoms with van der Waals surface area (Å²) >= 11 is 1.66. The largest absolute Gasteiger partial charge is 0.322 e. The monoisotopic (exact) mass is 399 g/mol. The van der Waals surface area contributed by atoms with Crippen molar-refractivity contribution in [1.82, 2.24) is 9.29 Å². The summed E-state index contributed by atoms with van der Waals surface area (Å²) in [7, 11) is -3.66. The fourth-order valence-corrected chi connectivity index (χ4v) is 5.37. The molecule has 3 heterocycles. The summed E-state index contributed by atoms with van der Waals surface area (Å²) in [4.78, 5) is 17.7. The molecule has 0 saturated carbocycles. The fraction of sp³-hybridized carbons (Fsp3) is 0.158. The van der Waals surface area contributed by atoms with E-state index in [1.807, 2.05) is 11.4 Å². The maximum absolute atomic E-state index is 13.0. The molecule has 4 rings (SSSR count). The molecule has 0 fully saturated rings. The zero-order valence-corrected chi connectivity index (χ0v) is 16.0. The summed E-state index contributed by atoms with van der Waals surface area (Å²) in [6.45, 7) is 0.817. The van der Waals surface area contributed by atoms with Gasteiger partial charge in [0, 0.05) is 41.6 Å². The number of amides is 1. The first-order valence-electron chi connectivity index (χ1n) is 8.41. The van der Waals surface area contributed by atoms with Crippen LogP contribution in [-0.2, 0) is 23.0 Å². The Morgan fingerprint density at radius 1 is 1.15 bits per heavy atom. The van der Waals surface area contributed by atoms with Crippen LogP contribution in [0, 0.1) is 0 Å². The van der Waals surface area contributed by atoms with Gasteiger partial charge in [-0.1, -0.05) is 6.07 Å². The number of nitrogens with zero attached hydrogens (tertiary/aromatic N) is 2. The van der Waals surface area contributed by atoms with Crippen LogP contribution < -0.4 is 5.32 Å². The van der Waals surface area contributed by atoms with Gasteiger partial charge < -0.3 is 5.32 Å². The third kappa shape index (κ3) is 3.64. The predicted molar refractivity (Wildman–Crippen MR) is 104 cm³/mol. The van der Waals surface area contributed by atoms with E-state index in [2.05, 4.69) is 10.3 Å². The molecule has 1 aliphatic rings. The van der Waals surface area contributed by atoms with E-state index in [9.17, 15) is 13.2 Å². The summed E-state index contributed by atoms with van der Waals surface area (Å²) in [5.41, 5.74) is 1.95. The number of anilines is 1. The van der Waals surface area contributed by atoms with Crippen LogP contribution in [0.2, 0.25) is 0 Å². The minimum Gasteiger partial charge on any atom is -0.322 e. The van der Waals surface area contributed by atoms with Crippen LogP contribution in [0.25, 0.3) is 0 Å². The van der Waals surface area contributed by atoms with Gasteiger partial charge >= 0.3 is 0 Å². The van der Waals surface area contributed by atoms with Crippen molar-refractivity contribution in [3.05, 3.63) is 76.2 Å². The lowest BCUT2D eigenvalue weighted by Gasteiger charge is -2.26. The van der Waals surface area contributed by atoms with Gasteiger partial charge in [0.05, 0.1) is 4.90 Å². The molecule has 8 heteroatoms. The maximum atomic E-state index is 13.0. The Morgan fingerprint density at radius 2 is 1.96 bits per heavy atom. The minimum absolute atomic E-state index is 0.128. The summed E-state index contributed by atoms with van der Waals surface area (Å²) in [6.07, 6.45) is 3.87. The number of nitrogens with one attached hydrogen (secondary N) is 1. The van der Waals surface area contributed by atoms with Crippen LogP contribution in [-0.4, -0.2) is 30.2 Å². The number of fused-ring (bicyclic) bond motifs is 1. The minimum atomic E-state index is -3.66. The molecule has 0 unspecified atom stereocenters. The lowest BCUT2D eigenvalue weighted by atomic mass is 10.1. The van der Waals surface area contributed by atoms with Crippen molar-refractivity contribution in [2.75, 3.05) is 11.9 Å². The molecule has 1 N–H and O–H groups in total. The number of sulfonamides is 1. The molecule has 1 aromatic carbocycles. The van der Waals surface area contributed by atoms with Gasteiger partial charge in [0.15, 0.2) is 0 Å². The number of benzene rings is 1. The highest BCUT2D eigenvalue weighted by molar-refractivity contribution is 7.89. The molecule has 0 saturated heterocycles. The SMILES string of the molecule is O=C(Nc1ccncc1)c1cccc(S(=O)(=O)N2CCc3sccc3C2)c1. The van der Waals surface area contributed by atoms with Gasteiger partial charge in [-0.25, -0.2) is 8.42 Å². The van der Waals surface area contributed by atoms with E-state index in [-0.39, 0.29) is 10.8 Å². The zero-order valence-electron chi connectivity index (χ0n) is 14.3. The van der Waals surface area contributed by atoms with Gasteiger partial charge in [0.25, 0.3) is 5.91 Å². The van der Waals surface area contributed by atoms with Crippen molar-refractivity contribution in [2.24, 2.45) is 0 Å². The predicted octanol–water partition coefficient (Wildman–Crippen LogP) is 3.14. The topological polar surface area (TPSA) is 79.4 Å². The first-order chi connectivity index (χ1) is 13.0. The Balaban J connectivity index is 1.57. The van der Waals surface area contributed by atoms with Crippen molar-refractivity contribution in [2.45, 2.75) is 17.9 Å². The van der Waals surface area contributed by atoms with Gasteiger partial charge in [-0.3, -0.25) is 9.78 Å². The molecule has 6 nitrogen and oxygen atoms in total. The molecule has 1 aliphatic heterocycles. The third-order valence-electron chi connectivity index (χ3n) is 4.44. The smallest absolute Gasteiger partial charge is 0.255 e. The molecule has 3 aromatic rings. The van der Waals surface area contributed by atoms with E-state index < -0.39 is 10.0 Å². The Labute approximate surface area is 161 Å². The highest BCUT2D eigenvalue weighted by Gasteiger charge is 2.29. The number of rotatable bonds is 4. The number of thiophene rings is 1. The van der Waals surface area contributed by atoms with Crippen molar-refractivity contribution in [3.8, 4) is 0 Å². The standard InChI is InChI=1S/C19H17N3O3S2/c23-19(21-16-4-8-20-9-5-16)14-2-1-3-17(12-14)27(24,25)22-10-6-18-15(13-22)7-11-26-18/h1-5,7-9,11-12H,6,10,13H2,(H,20,21,23). The van der Waals surface area contributed by atoms with E-state index >= 15 is 0 Å². The number of carbonyl (C=O) groups is 1. The number of pyridine rings is 1. The average molecular weight is 399 g/mol. The van der Waals surface area contributed by atoms with Crippen LogP contribution in [0.15, 0.2) is 65.1 Å². The second kappa shape index (κ2) is 7.22. The van der Waals surface area contributed by atoms with Gasteiger partial charge in [0.1, 0.15) is 0 Å². The number of aromatic nitrogens is 1. The molecule has 2 aromatic heterocycles. The van der Waals surface area contributed by atoms with E-state index in [4.69, 9.17) is 0 Å². The van der Waals surface area contributed by atoms with Crippen LogP contribution in [0.5, 0.6) is 0 Å². The van der Waals surface area contributed by atoms with Crippen molar-refractivity contribution in [1.29, 1.82) is 0 Å². The first-order valence-corrected chi connectivity index (χ1v) is 10.7. The van der Waals surface area contributed by atoms with Crippen LogP contribution in [0.4, 0.5) is 5.69 Å². The maximum Gasteiger partial charge on any atom is 0.255 e. The summed E-state index contributed by atoms with van der Waals surface area (Å²) < 4.78 is 27.6. The van der Waals surface area contributed by atoms with E-state index in [1.165, 1.54) is 21.3 Å². The van der Waals surface area contributed by atoms with Gasteiger partial charge in [-0.2, -0.15) is 4.31 Å². The molecule has 0 bridgehead atoms. The van der Waals surface area contributed by atoms with Gasteiger partial charge in [0.2, 0.25) is 10.0 Å². The number of carbonyl (C=O) groups excluding carboxylic acids is 1. The van der Waals surface area contributed by atoms with Crippen LogP contribution >= 0.6 is 11.3 Å². The Bertz CT molecular complexity index is 1080. The molecular weight excluding hydrogens is 382 g/mol. The Kier molecular flexibility index (Phi) is 4.77. The third-order valence-corrected chi connectivity index (χ3v) is 7.31. The average Bonchev–Trinajstić information content (AvgIpc) is 3.17. The van der Waals surface area contributed by atoms with E-state index in [0.29, 0.717) is 30.8 Å². The van der Waals surface area contributed by atoms with Crippen LogP contribution in [0.3, 0.4) is 0 Å². The van der Waals surface area contributed by atoms with Crippen molar-refractivity contribution < 1.29 is 13.2 Å². The molecule has 27 heavy (non-hydrogen) atoms. The fourth-order valence-electron chi connectivity index (χ4n) is 3.01. The lowest BCUT2D eigenvalue weighted by Crippen LogP contribution is -2.35. The Morgan fingerprint density at radius 3 is 2.78 bits per heavy atom. The summed E-state index contributed by atoms with van der Waals surface area (Å²) in [5, 5.41) is 4.73. The zero-order chi connectivity index (χ0) is 18.9. The van der Waals surface area contributed by atoms with Crippen LogP contribution in [0.1, 0.15) is 20.8 Å². The molecule has 0 spiro atoms. The molecule has 1 amide bonds.